The molecule has 1 saturated carbocycles. The molecule has 32 heavy (non-hydrogen) atoms. The molecule has 3 heterocycles. The lowest BCUT2D eigenvalue weighted by molar-refractivity contribution is -0.137. The highest BCUT2D eigenvalue weighted by atomic mass is 19.4. The quantitative estimate of drug-likeness (QED) is 0.610. The molecular formula is C22H18F4N4O2. The van der Waals surface area contributed by atoms with Crippen molar-refractivity contribution >= 4 is 5.91 Å². The lowest BCUT2D eigenvalue weighted by Crippen LogP contribution is -2.64. The second-order valence-electron chi connectivity index (χ2n) is 8.45. The molecule has 10 heteroatoms. The van der Waals surface area contributed by atoms with Gasteiger partial charge in [-0.25, -0.2) is 4.39 Å². The Bertz CT molecular complexity index is 1180. The van der Waals surface area contributed by atoms with Crippen molar-refractivity contribution in [2.75, 3.05) is 13.1 Å². The number of rotatable bonds is 3. The van der Waals surface area contributed by atoms with Crippen molar-refractivity contribution in [2.45, 2.75) is 25.1 Å². The Morgan fingerprint density at radius 2 is 1.91 bits per heavy atom. The number of hydrogen-bond acceptors (Lipinski definition) is 4. The van der Waals surface area contributed by atoms with Gasteiger partial charge in [-0.15, -0.1) is 0 Å². The summed E-state index contributed by atoms with van der Waals surface area (Å²) in [5.41, 5.74) is -1.12. The summed E-state index contributed by atoms with van der Waals surface area (Å²) in [5, 5.41) is 13.6. The Kier molecular flexibility index (Phi) is 4.51. The zero-order chi connectivity index (χ0) is 22.7. The number of carbonyl (C=O) groups excluding carboxylic acids is 1. The molecule has 2 fully saturated rings. The molecule has 0 radical (unpaired) electrons. The molecular weight excluding hydrogens is 428 g/mol. The maximum absolute atomic E-state index is 13.9. The first kappa shape index (κ1) is 20.5. The predicted molar refractivity (Wildman–Crippen MR) is 105 cm³/mol. The number of amides is 1. The van der Waals surface area contributed by atoms with Crippen LogP contribution in [0.25, 0.3) is 11.4 Å². The molecule has 1 N–H and O–H groups in total. The molecule has 1 aliphatic heterocycles. The number of phenols is 1. The second-order valence-corrected chi connectivity index (χ2v) is 8.45. The Morgan fingerprint density at radius 1 is 1.16 bits per heavy atom. The SMILES string of the molecule is O=C(c1cc(O)ccc1F)N1CC2(CC(n3ncc(C(F)(F)F)c3-c3ccccn3)C2)C1. The summed E-state index contributed by atoms with van der Waals surface area (Å²) >= 11 is 0. The molecule has 0 bridgehead atoms. The summed E-state index contributed by atoms with van der Waals surface area (Å²) in [6, 6.07) is 7.81. The third kappa shape index (κ3) is 3.30. The predicted octanol–water partition coefficient (Wildman–Crippen LogP) is 4.29. The van der Waals surface area contributed by atoms with Gasteiger partial charge in [0.25, 0.3) is 5.91 Å². The maximum atomic E-state index is 13.9. The minimum atomic E-state index is -4.56. The molecule has 0 unspecified atom stereocenters. The average molecular weight is 446 g/mol. The number of alkyl halides is 3. The number of halogens is 4. The monoisotopic (exact) mass is 446 g/mol. The normalized spacial score (nSPS) is 17.8. The highest BCUT2D eigenvalue weighted by Gasteiger charge is 2.55. The lowest BCUT2D eigenvalue weighted by Gasteiger charge is -2.59. The second kappa shape index (κ2) is 7.04. The number of aromatic nitrogens is 3. The van der Waals surface area contributed by atoms with Crippen LogP contribution in [0.15, 0.2) is 48.8 Å². The molecule has 2 aromatic heterocycles. The largest absolute Gasteiger partial charge is 0.508 e. The maximum Gasteiger partial charge on any atom is 0.420 e. The molecule has 6 nitrogen and oxygen atoms in total. The Morgan fingerprint density at radius 3 is 2.56 bits per heavy atom. The fourth-order valence-electron chi connectivity index (χ4n) is 4.73. The number of carbonyl (C=O) groups is 1. The minimum absolute atomic E-state index is 0.0629. The van der Waals surface area contributed by atoms with Crippen molar-refractivity contribution in [1.82, 2.24) is 19.7 Å². The zero-order valence-corrected chi connectivity index (χ0v) is 16.7. The number of nitrogens with zero attached hydrogens (tertiary/aromatic N) is 4. The van der Waals surface area contributed by atoms with E-state index in [0.717, 1.165) is 18.3 Å². The summed E-state index contributed by atoms with van der Waals surface area (Å²) in [4.78, 5) is 18.1. The first-order chi connectivity index (χ1) is 15.2. The Labute approximate surface area is 180 Å². The number of phenolic OH excluding ortho intramolecular Hbond substituents is 1. The third-order valence-electron chi connectivity index (χ3n) is 6.21. The highest BCUT2D eigenvalue weighted by Crippen LogP contribution is 2.55. The van der Waals surface area contributed by atoms with Gasteiger partial charge in [-0.1, -0.05) is 6.07 Å². The zero-order valence-electron chi connectivity index (χ0n) is 16.7. The van der Waals surface area contributed by atoms with E-state index < -0.39 is 23.5 Å². The van der Waals surface area contributed by atoms with Gasteiger partial charge < -0.3 is 10.0 Å². The van der Waals surface area contributed by atoms with Crippen molar-refractivity contribution in [3.8, 4) is 17.1 Å². The summed E-state index contributed by atoms with van der Waals surface area (Å²) in [5.74, 6) is -1.42. The molecule has 166 valence electrons. The number of benzene rings is 1. The molecule has 1 aromatic carbocycles. The lowest BCUT2D eigenvalue weighted by atomic mass is 9.60. The van der Waals surface area contributed by atoms with Crippen molar-refractivity contribution in [3.05, 3.63) is 65.7 Å². The van der Waals surface area contributed by atoms with Crippen LogP contribution in [-0.4, -0.2) is 43.8 Å². The van der Waals surface area contributed by atoms with Gasteiger partial charge in [0.05, 0.1) is 29.2 Å². The van der Waals surface area contributed by atoms with E-state index in [1.807, 2.05) is 0 Å². The Balaban J connectivity index is 1.32. The number of hydrogen-bond donors (Lipinski definition) is 1. The summed E-state index contributed by atoms with van der Waals surface area (Å²) in [6.07, 6.45) is -1.19. The summed E-state index contributed by atoms with van der Waals surface area (Å²) < 4.78 is 56.0. The first-order valence-electron chi connectivity index (χ1n) is 10.0. The van der Waals surface area contributed by atoms with Crippen molar-refractivity contribution < 1.29 is 27.5 Å². The number of pyridine rings is 1. The van der Waals surface area contributed by atoms with Gasteiger partial charge in [-0.05, 0) is 43.2 Å². The van der Waals surface area contributed by atoms with E-state index in [1.54, 1.807) is 12.1 Å². The summed E-state index contributed by atoms with van der Waals surface area (Å²) in [6.45, 7) is 0.757. The van der Waals surface area contributed by atoms with Gasteiger partial charge in [0.1, 0.15) is 17.1 Å². The van der Waals surface area contributed by atoms with Crippen LogP contribution in [0.1, 0.15) is 34.8 Å². The van der Waals surface area contributed by atoms with Crippen LogP contribution in [0.3, 0.4) is 0 Å². The molecule has 3 aromatic rings. The fourth-order valence-corrected chi connectivity index (χ4v) is 4.73. The highest BCUT2D eigenvalue weighted by molar-refractivity contribution is 5.95. The summed E-state index contributed by atoms with van der Waals surface area (Å²) in [7, 11) is 0. The van der Waals surface area contributed by atoms with Crippen molar-refractivity contribution in [2.24, 2.45) is 5.41 Å². The van der Waals surface area contributed by atoms with Crippen LogP contribution in [0.5, 0.6) is 5.75 Å². The van der Waals surface area contributed by atoms with Crippen LogP contribution >= 0.6 is 0 Å². The Hall–Kier alpha value is -3.43. The van der Waals surface area contributed by atoms with Crippen LogP contribution in [0.2, 0.25) is 0 Å². The molecule has 5 rings (SSSR count). The van der Waals surface area contributed by atoms with Crippen LogP contribution < -0.4 is 0 Å². The van der Waals surface area contributed by atoms with E-state index >= 15 is 0 Å². The fraction of sp³-hybridized carbons (Fsp3) is 0.318. The smallest absolute Gasteiger partial charge is 0.420 e. The van der Waals surface area contributed by atoms with Crippen LogP contribution in [-0.2, 0) is 6.18 Å². The van der Waals surface area contributed by atoms with Gasteiger partial charge in [0, 0.05) is 24.7 Å². The minimum Gasteiger partial charge on any atom is -0.508 e. The van der Waals surface area contributed by atoms with E-state index in [2.05, 4.69) is 10.1 Å². The molecule has 1 saturated heterocycles. The topological polar surface area (TPSA) is 71.2 Å². The third-order valence-corrected chi connectivity index (χ3v) is 6.21. The number of aromatic hydroxyl groups is 1. The molecule has 2 aliphatic rings. The van der Waals surface area contributed by atoms with Crippen LogP contribution in [0, 0.1) is 11.2 Å². The van der Waals surface area contributed by atoms with Gasteiger partial charge in [-0.3, -0.25) is 14.5 Å². The van der Waals surface area contributed by atoms with Gasteiger partial charge in [0.15, 0.2) is 0 Å². The van der Waals surface area contributed by atoms with Crippen molar-refractivity contribution in [3.63, 3.8) is 0 Å². The van der Waals surface area contributed by atoms with E-state index in [9.17, 15) is 27.5 Å². The average Bonchev–Trinajstić information content (AvgIpc) is 3.13. The van der Waals surface area contributed by atoms with Crippen LogP contribution in [0.4, 0.5) is 17.6 Å². The molecule has 0 atom stereocenters. The van der Waals surface area contributed by atoms with E-state index in [1.165, 1.54) is 27.9 Å². The van der Waals surface area contributed by atoms with Gasteiger partial charge >= 0.3 is 6.18 Å². The van der Waals surface area contributed by atoms with E-state index in [4.69, 9.17) is 0 Å². The van der Waals surface area contributed by atoms with E-state index in [0.29, 0.717) is 25.9 Å². The number of likely N-dealkylation sites (tertiary alicyclic amines) is 1. The van der Waals surface area contributed by atoms with Crippen molar-refractivity contribution in [1.29, 1.82) is 0 Å². The molecule has 1 amide bonds. The standard InChI is InChI=1S/C22H18F4N4O2/c23-17-5-4-14(31)7-15(17)20(32)29-11-21(12-29)8-13(9-21)30-19(18-3-1-2-6-27-18)16(10-28-30)22(24,25)26/h1-7,10,13,31H,8-9,11-12H2. The van der Waals surface area contributed by atoms with Gasteiger partial charge in [-0.2, -0.15) is 18.3 Å². The van der Waals surface area contributed by atoms with E-state index in [-0.39, 0.29) is 34.2 Å². The molecule has 1 aliphatic carbocycles. The van der Waals surface area contributed by atoms with Gasteiger partial charge in [0.2, 0.25) is 0 Å². The molecule has 1 spiro atoms. The first-order valence-corrected chi connectivity index (χ1v) is 10.0.